The summed E-state index contributed by atoms with van der Waals surface area (Å²) in [6.07, 6.45) is 5.45. The van der Waals surface area contributed by atoms with Crippen LogP contribution >= 0.6 is 11.3 Å². The van der Waals surface area contributed by atoms with E-state index >= 15 is 0 Å². The second-order valence-corrected chi connectivity index (χ2v) is 7.40. The van der Waals surface area contributed by atoms with Crippen molar-refractivity contribution in [3.8, 4) is 11.8 Å². The minimum absolute atomic E-state index is 0.115. The van der Waals surface area contributed by atoms with Gasteiger partial charge in [0.15, 0.2) is 0 Å². The minimum atomic E-state index is -4.67. The number of nitrogens with one attached hydrogen (secondary N) is 1. The number of rotatable bonds is 7. The van der Waals surface area contributed by atoms with Gasteiger partial charge >= 0.3 is 6.18 Å². The van der Waals surface area contributed by atoms with E-state index in [9.17, 15) is 13.2 Å². The van der Waals surface area contributed by atoms with Crippen LogP contribution in [0, 0.1) is 17.3 Å². The molecule has 0 bridgehead atoms. The van der Waals surface area contributed by atoms with Gasteiger partial charge in [-0.05, 0) is 48.4 Å². The number of nitrogens with two attached hydrogens (primary N) is 1. The standard InChI is InChI=1S/C22H22F3N3S/c1-2-3-4-5-6-7-17-10-11-18(29-17)9-8-16-12-13-28-20(14-16)19(26)15-21(27)22(23,24)25/h8-15,26H,2-5,27H2,1H3/b9-8+,21-15?,26-19?. The fraction of sp³-hybridized carbons (Fsp3) is 0.273. The van der Waals surface area contributed by atoms with Gasteiger partial charge in [-0.1, -0.05) is 37.7 Å². The minimum Gasteiger partial charge on any atom is -0.395 e. The molecule has 29 heavy (non-hydrogen) atoms. The van der Waals surface area contributed by atoms with Crippen LogP contribution in [0.3, 0.4) is 0 Å². The first-order valence-electron chi connectivity index (χ1n) is 9.15. The van der Waals surface area contributed by atoms with Crippen molar-refractivity contribution in [3.05, 3.63) is 63.2 Å². The third-order valence-electron chi connectivity index (χ3n) is 3.87. The molecule has 0 fully saturated rings. The fourth-order valence-corrected chi connectivity index (χ4v) is 3.10. The second-order valence-electron chi connectivity index (χ2n) is 6.28. The maximum atomic E-state index is 12.5. The van der Waals surface area contributed by atoms with Crippen molar-refractivity contribution < 1.29 is 13.2 Å². The van der Waals surface area contributed by atoms with Crippen LogP contribution in [0.2, 0.25) is 0 Å². The lowest BCUT2D eigenvalue weighted by atomic mass is 10.1. The Kier molecular flexibility index (Phi) is 8.22. The first kappa shape index (κ1) is 22.4. The highest BCUT2D eigenvalue weighted by Gasteiger charge is 2.31. The SMILES string of the molecule is CCCCCC#Cc1ccc(/C=C/c2ccnc(C(=N)C=C(N)C(F)(F)F)c2)s1. The summed E-state index contributed by atoms with van der Waals surface area (Å²) in [7, 11) is 0. The van der Waals surface area contributed by atoms with E-state index in [4.69, 9.17) is 11.1 Å². The van der Waals surface area contributed by atoms with Crippen LogP contribution in [0.15, 0.2) is 42.2 Å². The molecule has 0 aliphatic heterocycles. The summed E-state index contributed by atoms with van der Waals surface area (Å²) in [5.41, 5.74) is 4.08. The predicted octanol–water partition coefficient (Wildman–Crippen LogP) is 6.02. The van der Waals surface area contributed by atoms with Crippen molar-refractivity contribution in [2.24, 2.45) is 5.73 Å². The lowest BCUT2D eigenvalue weighted by Crippen LogP contribution is -2.20. The Labute approximate surface area is 172 Å². The van der Waals surface area contributed by atoms with Gasteiger partial charge in [0.05, 0.1) is 16.3 Å². The molecular formula is C22H22F3N3S. The zero-order chi connectivity index (χ0) is 21.3. The molecule has 0 aliphatic rings. The topological polar surface area (TPSA) is 62.8 Å². The van der Waals surface area contributed by atoms with E-state index < -0.39 is 17.6 Å². The van der Waals surface area contributed by atoms with E-state index in [-0.39, 0.29) is 5.69 Å². The summed E-state index contributed by atoms with van der Waals surface area (Å²) in [6, 6.07) is 7.19. The number of pyridine rings is 1. The molecule has 0 spiro atoms. The third-order valence-corrected chi connectivity index (χ3v) is 4.84. The van der Waals surface area contributed by atoms with Gasteiger partial charge in [0.2, 0.25) is 0 Å². The van der Waals surface area contributed by atoms with Crippen LogP contribution < -0.4 is 5.73 Å². The molecule has 0 amide bonds. The van der Waals surface area contributed by atoms with Crippen LogP contribution in [-0.2, 0) is 0 Å². The Morgan fingerprint density at radius 3 is 2.76 bits per heavy atom. The number of unbranched alkanes of at least 4 members (excludes halogenated alkanes) is 3. The van der Waals surface area contributed by atoms with Gasteiger partial charge in [-0.25, -0.2) is 0 Å². The molecule has 0 aromatic carbocycles. The first-order valence-corrected chi connectivity index (χ1v) is 9.97. The molecular weight excluding hydrogens is 395 g/mol. The molecule has 0 saturated heterocycles. The zero-order valence-electron chi connectivity index (χ0n) is 16.0. The van der Waals surface area contributed by atoms with E-state index in [0.717, 1.165) is 28.2 Å². The molecule has 2 heterocycles. The van der Waals surface area contributed by atoms with E-state index in [1.165, 1.54) is 19.0 Å². The molecule has 2 aromatic heterocycles. The largest absolute Gasteiger partial charge is 0.430 e. The van der Waals surface area contributed by atoms with Gasteiger partial charge in [0.25, 0.3) is 0 Å². The zero-order valence-corrected chi connectivity index (χ0v) is 16.8. The Hall–Kier alpha value is -2.85. The molecule has 7 heteroatoms. The summed E-state index contributed by atoms with van der Waals surface area (Å²) < 4.78 is 37.6. The van der Waals surface area contributed by atoms with Crippen LogP contribution in [0.1, 0.15) is 53.6 Å². The maximum absolute atomic E-state index is 12.5. The van der Waals surface area contributed by atoms with Gasteiger partial charge in [-0.3, -0.25) is 10.4 Å². The lowest BCUT2D eigenvalue weighted by Gasteiger charge is -2.06. The summed E-state index contributed by atoms with van der Waals surface area (Å²) in [6.45, 7) is 2.16. The number of alkyl halides is 3. The van der Waals surface area contributed by atoms with Crippen LogP contribution in [-0.4, -0.2) is 16.9 Å². The molecule has 0 atom stereocenters. The van der Waals surface area contributed by atoms with Crippen molar-refractivity contribution >= 4 is 29.2 Å². The van der Waals surface area contributed by atoms with Gasteiger partial charge in [-0.15, -0.1) is 11.3 Å². The van der Waals surface area contributed by atoms with Gasteiger partial charge in [-0.2, -0.15) is 13.2 Å². The smallest absolute Gasteiger partial charge is 0.395 e. The van der Waals surface area contributed by atoms with Crippen molar-refractivity contribution in [1.82, 2.24) is 4.98 Å². The summed E-state index contributed by atoms with van der Waals surface area (Å²) >= 11 is 1.57. The average molecular weight is 418 g/mol. The Balaban J connectivity index is 2.05. The second kappa shape index (κ2) is 10.6. The van der Waals surface area contributed by atoms with Gasteiger partial charge in [0.1, 0.15) is 5.70 Å². The van der Waals surface area contributed by atoms with Gasteiger partial charge < -0.3 is 5.73 Å². The number of thiophene rings is 1. The van der Waals surface area contributed by atoms with E-state index in [2.05, 4.69) is 23.7 Å². The van der Waals surface area contributed by atoms with E-state index in [1.54, 1.807) is 23.5 Å². The highest BCUT2D eigenvalue weighted by Crippen LogP contribution is 2.22. The fourth-order valence-electron chi connectivity index (χ4n) is 2.31. The number of halogens is 3. The third kappa shape index (κ3) is 7.59. The molecule has 0 saturated carbocycles. The van der Waals surface area contributed by atoms with Crippen molar-refractivity contribution in [1.29, 1.82) is 5.41 Å². The quantitative estimate of drug-likeness (QED) is 0.329. The van der Waals surface area contributed by atoms with Crippen LogP contribution in [0.4, 0.5) is 13.2 Å². The Bertz CT molecular complexity index is 959. The number of hydrogen-bond acceptors (Lipinski definition) is 4. The Morgan fingerprint density at radius 2 is 2.03 bits per heavy atom. The molecule has 2 rings (SSSR count). The number of hydrogen-bond donors (Lipinski definition) is 2. The molecule has 152 valence electrons. The number of allylic oxidation sites excluding steroid dienone is 2. The molecule has 0 unspecified atom stereocenters. The average Bonchev–Trinajstić information content (AvgIpc) is 3.13. The maximum Gasteiger partial charge on any atom is 0.430 e. The van der Waals surface area contributed by atoms with Crippen molar-refractivity contribution in [2.75, 3.05) is 0 Å². The highest BCUT2D eigenvalue weighted by atomic mass is 32.1. The first-order chi connectivity index (χ1) is 13.8. The van der Waals surface area contributed by atoms with E-state index in [1.807, 2.05) is 24.3 Å². The predicted molar refractivity (Wildman–Crippen MR) is 114 cm³/mol. The summed E-state index contributed by atoms with van der Waals surface area (Å²) in [5.74, 6) is 6.34. The molecule has 0 aliphatic carbocycles. The number of aromatic nitrogens is 1. The van der Waals surface area contributed by atoms with Crippen LogP contribution in [0.25, 0.3) is 12.2 Å². The highest BCUT2D eigenvalue weighted by molar-refractivity contribution is 7.13. The van der Waals surface area contributed by atoms with Crippen molar-refractivity contribution in [3.63, 3.8) is 0 Å². The van der Waals surface area contributed by atoms with Crippen molar-refractivity contribution in [2.45, 2.75) is 38.8 Å². The van der Waals surface area contributed by atoms with Crippen LogP contribution in [0.5, 0.6) is 0 Å². The molecule has 3 nitrogen and oxygen atoms in total. The molecule has 2 aromatic rings. The van der Waals surface area contributed by atoms with E-state index in [0.29, 0.717) is 6.08 Å². The Morgan fingerprint density at radius 1 is 1.24 bits per heavy atom. The summed E-state index contributed by atoms with van der Waals surface area (Å²) in [5, 5.41) is 7.79. The van der Waals surface area contributed by atoms with Gasteiger partial charge in [0, 0.05) is 17.5 Å². The normalized spacial score (nSPS) is 12.1. The summed E-state index contributed by atoms with van der Waals surface area (Å²) in [4.78, 5) is 5.95. The monoisotopic (exact) mass is 417 g/mol. The molecule has 3 N–H and O–H groups in total. The number of nitrogens with zero attached hydrogens (tertiary/aromatic N) is 1. The lowest BCUT2D eigenvalue weighted by molar-refractivity contribution is -0.0925. The molecule has 0 radical (unpaired) electrons.